The predicted molar refractivity (Wildman–Crippen MR) is 116 cm³/mol. The average molecular weight is 393 g/mol. The minimum atomic E-state index is -0.737. The Hall–Kier alpha value is -2.62. The van der Waals surface area contributed by atoms with E-state index in [1.54, 1.807) is 0 Å². The molecule has 4 nitrogen and oxygen atoms in total. The molecule has 1 fully saturated rings. The van der Waals surface area contributed by atoms with Crippen molar-refractivity contribution in [3.8, 4) is 0 Å². The normalized spacial score (nSPS) is 15.4. The second kappa shape index (κ2) is 10.8. The molecular formula is C25H32N2O2. The first kappa shape index (κ1) is 21.1. The van der Waals surface area contributed by atoms with Crippen molar-refractivity contribution >= 4 is 11.8 Å². The third-order valence-electron chi connectivity index (χ3n) is 5.77. The van der Waals surface area contributed by atoms with Gasteiger partial charge in [-0.2, -0.15) is 0 Å². The molecule has 0 heterocycles. The number of benzene rings is 2. The Bertz CT molecular complexity index is 768. The third kappa shape index (κ3) is 6.45. The maximum absolute atomic E-state index is 13.0. The topological polar surface area (TPSA) is 58.2 Å². The Morgan fingerprint density at radius 2 is 1.38 bits per heavy atom. The lowest BCUT2D eigenvalue weighted by Gasteiger charge is -2.36. The Morgan fingerprint density at radius 1 is 0.793 bits per heavy atom. The number of hydrogen-bond acceptors (Lipinski definition) is 2. The number of nitrogens with one attached hydrogen (secondary N) is 2. The number of hydrogen-bond donors (Lipinski definition) is 2. The van der Waals surface area contributed by atoms with Gasteiger partial charge in [-0.3, -0.25) is 9.59 Å². The van der Waals surface area contributed by atoms with E-state index in [0.29, 0.717) is 19.4 Å². The summed E-state index contributed by atoms with van der Waals surface area (Å²) in [6.07, 6.45) is 7.50. The van der Waals surface area contributed by atoms with Gasteiger partial charge in [0, 0.05) is 13.0 Å². The first-order chi connectivity index (χ1) is 14.2. The van der Waals surface area contributed by atoms with Crippen molar-refractivity contribution in [3.05, 3.63) is 71.8 Å². The molecular weight excluding hydrogens is 360 g/mol. The first-order valence-corrected chi connectivity index (χ1v) is 10.9. The van der Waals surface area contributed by atoms with Crippen LogP contribution in [0.1, 0.15) is 56.1 Å². The first-order valence-electron chi connectivity index (χ1n) is 10.9. The van der Waals surface area contributed by atoms with E-state index in [-0.39, 0.29) is 11.8 Å². The van der Waals surface area contributed by atoms with E-state index >= 15 is 0 Å². The van der Waals surface area contributed by atoms with E-state index in [4.69, 9.17) is 0 Å². The van der Waals surface area contributed by atoms with E-state index in [2.05, 4.69) is 22.8 Å². The van der Waals surface area contributed by atoms with Gasteiger partial charge in [0.05, 0.1) is 0 Å². The number of amides is 2. The fourth-order valence-corrected chi connectivity index (χ4v) is 4.10. The molecule has 0 bridgehead atoms. The van der Waals surface area contributed by atoms with Crippen molar-refractivity contribution in [2.75, 3.05) is 6.54 Å². The van der Waals surface area contributed by atoms with Crippen LogP contribution in [0.25, 0.3) is 0 Å². The van der Waals surface area contributed by atoms with Gasteiger partial charge >= 0.3 is 0 Å². The van der Waals surface area contributed by atoms with E-state index in [0.717, 1.165) is 50.5 Å². The summed E-state index contributed by atoms with van der Waals surface area (Å²) in [4.78, 5) is 25.6. The van der Waals surface area contributed by atoms with Crippen LogP contribution >= 0.6 is 0 Å². The van der Waals surface area contributed by atoms with E-state index < -0.39 is 5.54 Å². The van der Waals surface area contributed by atoms with Crippen molar-refractivity contribution in [1.29, 1.82) is 0 Å². The maximum atomic E-state index is 13.0. The Labute approximate surface area is 174 Å². The molecule has 0 saturated heterocycles. The molecule has 1 saturated carbocycles. The van der Waals surface area contributed by atoms with Crippen LogP contribution in [-0.2, 0) is 22.4 Å². The highest BCUT2D eigenvalue weighted by molar-refractivity contribution is 5.91. The summed E-state index contributed by atoms with van der Waals surface area (Å²) in [7, 11) is 0. The van der Waals surface area contributed by atoms with Crippen LogP contribution in [0.15, 0.2) is 60.7 Å². The van der Waals surface area contributed by atoms with Crippen LogP contribution in [0.4, 0.5) is 0 Å². The second-order valence-corrected chi connectivity index (χ2v) is 8.02. The molecule has 2 aromatic rings. The monoisotopic (exact) mass is 392 g/mol. The van der Waals surface area contributed by atoms with Gasteiger partial charge in [-0.05, 0) is 43.2 Å². The summed E-state index contributed by atoms with van der Waals surface area (Å²) >= 11 is 0. The zero-order chi connectivity index (χ0) is 20.4. The molecule has 0 unspecified atom stereocenters. The van der Waals surface area contributed by atoms with Crippen molar-refractivity contribution in [3.63, 3.8) is 0 Å². The lowest BCUT2D eigenvalue weighted by molar-refractivity contribution is -0.135. The largest absolute Gasteiger partial charge is 0.354 e. The molecule has 0 radical (unpaired) electrons. The minimum Gasteiger partial charge on any atom is -0.354 e. The smallest absolute Gasteiger partial charge is 0.245 e. The molecule has 4 heteroatoms. The highest BCUT2D eigenvalue weighted by atomic mass is 16.2. The molecule has 3 rings (SSSR count). The van der Waals surface area contributed by atoms with Gasteiger partial charge in [0.1, 0.15) is 5.54 Å². The summed E-state index contributed by atoms with van der Waals surface area (Å²) in [6.45, 7) is 0.634. The van der Waals surface area contributed by atoms with Crippen molar-refractivity contribution < 1.29 is 9.59 Å². The van der Waals surface area contributed by atoms with Crippen LogP contribution in [0.2, 0.25) is 0 Å². The number of carbonyl (C=O) groups excluding carboxylic acids is 2. The highest BCUT2D eigenvalue weighted by Gasteiger charge is 2.40. The lowest BCUT2D eigenvalue weighted by Crippen LogP contribution is -2.59. The fourth-order valence-electron chi connectivity index (χ4n) is 4.10. The van der Waals surface area contributed by atoms with Crippen LogP contribution < -0.4 is 10.6 Å². The van der Waals surface area contributed by atoms with Crippen molar-refractivity contribution in [2.24, 2.45) is 0 Å². The molecule has 2 N–H and O–H groups in total. The molecule has 0 aliphatic heterocycles. The van der Waals surface area contributed by atoms with Gasteiger partial charge in [0.2, 0.25) is 11.8 Å². The lowest BCUT2D eigenvalue weighted by atomic mass is 9.80. The zero-order valence-electron chi connectivity index (χ0n) is 17.2. The number of rotatable bonds is 9. The van der Waals surface area contributed by atoms with E-state index in [1.165, 1.54) is 5.56 Å². The van der Waals surface area contributed by atoms with Gasteiger partial charge in [-0.25, -0.2) is 0 Å². The molecule has 0 aromatic heterocycles. The molecule has 1 aliphatic rings. The summed E-state index contributed by atoms with van der Waals surface area (Å²) in [5, 5.41) is 6.20. The van der Waals surface area contributed by atoms with Gasteiger partial charge in [0.25, 0.3) is 0 Å². The predicted octanol–water partition coefficient (Wildman–Crippen LogP) is 4.19. The Balaban J connectivity index is 1.50. The van der Waals surface area contributed by atoms with Crippen LogP contribution in [-0.4, -0.2) is 23.9 Å². The van der Waals surface area contributed by atoms with Crippen molar-refractivity contribution in [2.45, 2.75) is 63.3 Å². The fraction of sp³-hybridized carbons (Fsp3) is 0.440. The van der Waals surface area contributed by atoms with Crippen LogP contribution in [0.5, 0.6) is 0 Å². The summed E-state index contributed by atoms with van der Waals surface area (Å²) in [5.41, 5.74) is 1.69. The summed E-state index contributed by atoms with van der Waals surface area (Å²) < 4.78 is 0. The zero-order valence-corrected chi connectivity index (χ0v) is 17.2. The Morgan fingerprint density at radius 3 is 2.00 bits per heavy atom. The van der Waals surface area contributed by atoms with Gasteiger partial charge in [-0.15, -0.1) is 0 Å². The van der Waals surface area contributed by atoms with E-state index in [1.807, 2.05) is 48.5 Å². The molecule has 154 valence electrons. The number of carbonyl (C=O) groups is 2. The van der Waals surface area contributed by atoms with Gasteiger partial charge in [0.15, 0.2) is 0 Å². The van der Waals surface area contributed by atoms with Crippen molar-refractivity contribution in [1.82, 2.24) is 10.6 Å². The van der Waals surface area contributed by atoms with Gasteiger partial charge < -0.3 is 10.6 Å². The SMILES string of the molecule is O=C(CCc1ccccc1)NC1(C(=O)NCCCc2ccccc2)CCCCC1. The average Bonchev–Trinajstić information content (AvgIpc) is 2.77. The molecule has 2 aromatic carbocycles. The second-order valence-electron chi connectivity index (χ2n) is 8.02. The Kier molecular flexibility index (Phi) is 7.85. The maximum Gasteiger partial charge on any atom is 0.245 e. The van der Waals surface area contributed by atoms with Crippen LogP contribution in [0, 0.1) is 0 Å². The number of aryl methyl sites for hydroxylation is 2. The molecule has 1 aliphatic carbocycles. The highest BCUT2D eigenvalue weighted by Crippen LogP contribution is 2.28. The van der Waals surface area contributed by atoms with Crippen LogP contribution in [0.3, 0.4) is 0 Å². The molecule has 29 heavy (non-hydrogen) atoms. The molecule has 0 spiro atoms. The quantitative estimate of drug-likeness (QED) is 0.629. The van der Waals surface area contributed by atoms with Gasteiger partial charge in [-0.1, -0.05) is 79.9 Å². The third-order valence-corrected chi connectivity index (χ3v) is 5.77. The summed E-state index contributed by atoms with van der Waals surface area (Å²) in [5.74, 6) is -0.0477. The summed E-state index contributed by atoms with van der Waals surface area (Å²) in [6, 6.07) is 20.3. The standard InChI is InChI=1S/C25H32N2O2/c28-23(17-16-22-13-6-2-7-14-22)27-25(18-8-3-9-19-25)24(29)26-20-10-15-21-11-4-1-5-12-21/h1-2,4-7,11-14H,3,8-10,15-20H2,(H,26,29)(H,27,28). The minimum absolute atomic E-state index is 0.0154. The van der Waals surface area contributed by atoms with E-state index in [9.17, 15) is 9.59 Å². The molecule has 2 amide bonds. The molecule has 0 atom stereocenters.